The minimum Gasteiger partial charge on any atom is -0.469 e. The van der Waals surface area contributed by atoms with E-state index in [4.69, 9.17) is 0 Å². The molecule has 1 atom stereocenters. The Hall–Kier alpha value is -1.72. The Morgan fingerprint density at radius 1 is 1.41 bits per heavy atom. The lowest BCUT2D eigenvalue weighted by atomic mass is 10.1. The molecular weight excluding hydrogens is 222 g/mol. The Bertz CT molecular complexity index is 426. The van der Waals surface area contributed by atoms with Gasteiger partial charge in [-0.15, -0.1) is 0 Å². The molecule has 1 aromatic rings. The smallest absolute Gasteiger partial charge is 0.313 e. The maximum atomic E-state index is 11.6. The van der Waals surface area contributed by atoms with Crippen LogP contribution in [0.3, 0.4) is 0 Å². The molecular formula is C11H17N3O3. The number of ether oxygens (including phenoxy) is 1. The molecule has 0 amide bonds. The number of Topliss-reactive ketones (excluding diaryl/α,β-unsaturated/α-hetero) is 1. The van der Waals surface area contributed by atoms with Crippen molar-refractivity contribution < 1.29 is 14.3 Å². The molecule has 0 aliphatic heterocycles. The summed E-state index contributed by atoms with van der Waals surface area (Å²) in [4.78, 5) is 26.7. The number of ketones is 1. The topological polar surface area (TPSA) is 74.1 Å². The van der Waals surface area contributed by atoms with Gasteiger partial charge < -0.3 is 4.74 Å². The van der Waals surface area contributed by atoms with Crippen molar-refractivity contribution in [3.8, 4) is 0 Å². The van der Waals surface area contributed by atoms with Crippen LogP contribution in [0.5, 0.6) is 0 Å². The van der Waals surface area contributed by atoms with Crippen molar-refractivity contribution >= 4 is 11.8 Å². The van der Waals surface area contributed by atoms with Gasteiger partial charge in [-0.25, -0.2) is 9.67 Å². The molecule has 1 rings (SSSR count). The summed E-state index contributed by atoms with van der Waals surface area (Å²) in [6, 6.07) is -0.103. The standard InChI is InChI=1S/C11H17N3O3/c1-7(5-10(15)6-11(16)17-4)14-9(3)12-8(2)13-14/h7H,5-6H2,1-4H3. The monoisotopic (exact) mass is 239 g/mol. The Balaban J connectivity index is 2.60. The highest BCUT2D eigenvalue weighted by atomic mass is 16.5. The molecule has 17 heavy (non-hydrogen) atoms. The van der Waals surface area contributed by atoms with Crippen molar-refractivity contribution in [2.24, 2.45) is 0 Å². The first kappa shape index (κ1) is 13.3. The van der Waals surface area contributed by atoms with Crippen molar-refractivity contribution in [3.05, 3.63) is 11.6 Å². The minimum atomic E-state index is -0.506. The molecule has 0 saturated carbocycles. The summed E-state index contributed by atoms with van der Waals surface area (Å²) in [6.45, 7) is 5.50. The summed E-state index contributed by atoms with van der Waals surface area (Å²) in [5.74, 6) is 0.779. The largest absolute Gasteiger partial charge is 0.469 e. The molecule has 6 heteroatoms. The van der Waals surface area contributed by atoms with E-state index in [1.54, 1.807) is 11.6 Å². The van der Waals surface area contributed by atoms with Gasteiger partial charge in [0.1, 0.15) is 23.9 Å². The number of carbonyl (C=O) groups excluding carboxylic acids is 2. The molecule has 1 heterocycles. The summed E-state index contributed by atoms with van der Waals surface area (Å²) in [6.07, 6.45) is 0.0618. The van der Waals surface area contributed by atoms with Gasteiger partial charge in [0.2, 0.25) is 0 Å². The summed E-state index contributed by atoms with van der Waals surface area (Å²) in [7, 11) is 1.27. The van der Waals surface area contributed by atoms with E-state index >= 15 is 0 Å². The number of aromatic nitrogens is 3. The summed E-state index contributed by atoms with van der Waals surface area (Å²) in [5.41, 5.74) is 0. The van der Waals surface area contributed by atoms with Gasteiger partial charge in [-0.05, 0) is 20.8 Å². The second kappa shape index (κ2) is 5.56. The highest BCUT2D eigenvalue weighted by molar-refractivity contribution is 5.95. The second-order valence-electron chi connectivity index (χ2n) is 4.00. The van der Waals surface area contributed by atoms with Crippen LogP contribution in [-0.4, -0.2) is 33.6 Å². The minimum absolute atomic E-state index is 0.103. The van der Waals surface area contributed by atoms with E-state index in [2.05, 4.69) is 14.8 Å². The van der Waals surface area contributed by atoms with Crippen LogP contribution in [0.1, 0.15) is 37.5 Å². The van der Waals surface area contributed by atoms with Gasteiger partial charge in [-0.1, -0.05) is 0 Å². The van der Waals surface area contributed by atoms with Crippen LogP contribution in [0.15, 0.2) is 0 Å². The van der Waals surface area contributed by atoms with Crippen LogP contribution in [0.25, 0.3) is 0 Å². The SMILES string of the molecule is COC(=O)CC(=O)CC(C)n1nc(C)nc1C. The molecule has 0 aromatic carbocycles. The van der Waals surface area contributed by atoms with Crippen LogP contribution in [0.2, 0.25) is 0 Å². The van der Waals surface area contributed by atoms with Crippen LogP contribution in [0, 0.1) is 13.8 Å². The van der Waals surface area contributed by atoms with Crippen molar-refractivity contribution in [2.45, 2.75) is 39.7 Å². The summed E-state index contributed by atoms with van der Waals surface area (Å²) >= 11 is 0. The Morgan fingerprint density at radius 3 is 2.53 bits per heavy atom. The molecule has 0 radical (unpaired) electrons. The van der Waals surface area contributed by atoms with E-state index in [0.29, 0.717) is 5.82 Å². The molecule has 6 nitrogen and oxygen atoms in total. The number of hydrogen-bond donors (Lipinski definition) is 0. The maximum Gasteiger partial charge on any atom is 0.313 e. The van der Waals surface area contributed by atoms with Crippen LogP contribution < -0.4 is 0 Å². The molecule has 0 aliphatic rings. The zero-order chi connectivity index (χ0) is 13.0. The Morgan fingerprint density at radius 2 is 2.06 bits per heavy atom. The Labute approximate surface area is 100.0 Å². The van der Waals surface area contributed by atoms with Crippen LogP contribution in [0.4, 0.5) is 0 Å². The molecule has 0 N–H and O–H groups in total. The molecule has 0 aliphatic carbocycles. The summed E-state index contributed by atoms with van der Waals surface area (Å²) in [5, 5.41) is 4.20. The average molecular weight is 239 g/mol. The van der Waals surface area contributed by atoms with E-state index in [1.807, 2.05) is 13.8 Å². The Kier molecular flexibility index (Phi) is 4.37. The highest BCUT2D eigenvalue weighted by Crippen LogP contribution is 2.13. The van der Waals surface area contributed by atoms with Gasteiger partial charge in [0, 0.05) is 6.42 Å². The molecule has 0 bridgehead atoms. The number of hydrogen-bond acceptors (Lipinski definition) is 5. The zero-order valence-electron chi connectivity index (χ0n) is 10.6. The van der Waals surface area contributed by atoms with Crippen molar-refractivity contribution in [1.29, 1.82) is 0 Å². The molecule has 1 unspecified atom stereocenters. The van der Waals surface area contributed by atoms with Gasteiger partial charge in [0.05, 0.1) is 13.2 Å². The third-order valence-corrected chi connectivity index (χ3v) is 2.42. The van der Waals surface area contributed by atoms with Gasteiger partial charge >= 0.3 is 5.97 Å². The number of carbonyl (C=O) groups is 2. The van der Waals surface area contributed by atoms with E-state index in [-0.39, 0.29) is 24.7 Å². The summed E-state index contributed by atoms with van der Waals surface area (Å²) < 4.78 is 6.14. The van der Waals surface area contributed by atoms with E-state index in [1.165, 1.54) is 7.11 Å². The third-order valence-electron chi connectivity index (χ3n) is 2.42. The number of esters is 1. The zero-order valence-corrected chi connectivity index (χ0v) is 10.6. The first-order valence-corrected chi connectivity index (χ1v) is 5.42. The number of methoxy groups -OCH3 is 1. The molecule has 0 saturated heterocycles. The first-order chi connectivity index (χ1) is 7.93. The molecule has 1 aromatic heterocycles. The predicted octanol–water partition coefficient (Wildman–Crippen LogP) is 0.978. The molecule has 0 fully saturated rings. The van der Waals surface area contributed by atoms with Crippen molar-refractivity contribution in [1.82, 2.24) is 14.8 Å². The maximum absolute atomic E-state index is 11.6. The third kappa shape index (κ3) is 3.65. The number of rotatable bonds is 5. The quantitative estimate of drug-likeness (QED) is 0.565. The fraction of sp³-hybridized carbons (Fsp3) is 0.636. The normalized spacial score (nSPS) is 12.2. The van der Waals surface area contributed by atoms with Crippen molar-refractivity contribution in [2.75, 3.05) is 7.11 Å². The average Bonchev–Trinajstić information content (AvgIpc) is 2.57. The van der Waals surface area contributed by atoms with Crippen molar-refractivity contribution in [3.63, 3.8) is 0 Å². The lowest BCUT2D eigenvalue weighted by molar-refractivity contribution is -0.143. The van der Waals surface area contributed by atoms with Gasteiger partial charge in [-0.2, -0.15) is 5.10 Å². The second-order valence-corrected chi connectivity index (χ2v) is 4.00. The fourth-order valence-electron chi connectivity index (χ4n) is 1.67. The van der Waals surface area contributed by atoms with Gasteiger partial charge in [0.25, 0.3) is 0 Å². The lowest BCUT2D eigenvalue weighted by Gasteiger charge is -2.11. The number of aryl methyl sites for hydroxylation is 2. The first-order valence-electron chi connectivity index (χ1n) is 5.42. The van der Waals surface area contributed by atoms with Gasteiger partial charge in [-0.3, -0.25) is 9.59 Å². The fourth-order valence-corrected chi connectivity index (χ4v) is 1.67. The van der Waals surface area contributed by atoms with Crippen LogP contribution in [-0.2, 0) is 14.3 Å². The lowest BCUT2D eigenvalue weighted by Crippen LogP contribution is -2.16. The van der Waals surface area contributed by atoms with Crippen LogP contribution >= 0.6 is 0 Å². The van der Waals surface area contributed by atoms with E-state index < -0.39 is 5.97 Å². The molecule has 94 valence electrons. The highest BCUT2D eigenvalue weighted by Gasteiger charge is 2.17. The van der Waals surface area contributed by atoms with E-state index in [9.17, 15) is 9.59 Å². The van der Waals surface area contributed by atoms with Gasteiger partial charge in [0.15, 0.2) is 0 Å². The van der Waals surface area contributed by atoms with E-state index in [0.717, 1.165) is 5.82 Å². The number of nitrogens with zero attached hydrogens (tertiary/aromatic N) is 3. The molecule has 0 spiro atoms. The predicted molar refractivity (Wildman–Crippen MR) is 60.5 cm³/mol.